The minimum Gasteiger partial charge on any atom is -0.313 e. The highest BCUT2D eigenvalue weighted by molar-refractivity contribution is 5.18. The molecule has 0 amide bonds. The van der Waals surface area contributed by atoms with Gasteiger partial charge in [-0.3, -0.25) is 4.90 Å². The quantitative estimate of drug-likeness (QED) is 0.857. The summed E-state index contributed by atoms with van der Waals surface area (Å²) in [6.07, 6.45) is 3.62. The summed E-state index contributed by atoms with van der Waals surface area (Å²) in [4.78, 5) is 2.27. The molecule has 1 heterocycles. The highest BCUT2D eigenvalue weighted by atomic mass is 19.1. The highest BCUT2D eigenvalue weighted by Crippen LogP contribution is 2.15. The number of hydrogen-bond acceptors (Lipinski definition) is 2. The Labute approximate surface area is 142 Å². The van der Waals surface area contributed by atoms with Crippen molar-refractivity contribution in [2.45, 2.75) is 38.4 Å². The lowest BCUT2D eigenvalue weighted by molar-refractivity contribution is 0.209. The van der Waals surface area contributed by atoms with E-state index in [0.717, 1.165) is 30.6 Å². The highest BCUT2D eigenvalue weighted by Gasteiger charge is 2.17. The maximum absolute atomic E-state index is 13.5. The molecule has 1 atom stereocenters. The van der Waals surface area contributed by atoms with E-state index in [1.807, 2.05) is 12.1 Å². The van der Waals surface area contributed by atoms with Crippen molar-refractivity contribution in [3.63, 3.8) is 0 Å². The van der Waals surface area contributed by atoms with Crippen molar-refractivity contribution in [3.05, 3.63) is 71.3 Å². The van der Waals surface area contributed by atoms with E-state index in [2.05, 4.69) is 10.2 Å². The average Bonchev–Trinajstić information content (AvgIpc) is 2.56. The third kappa shape index (κ3) is 5.11. The number of hydrogen-bond donors (Lipinski definition) is 1. The van der Waals surface area contributed by atoms with Crippen LogP contribution in [0.5, 0.6) is 0 Å². The lowest BCUT2D eigenvalue weighted by Crippen LogP contribution is -2.43. The Kier molecular flexibility index (Phi) is 5.94. The van der Waals surface area contributed by atoms with Crippen molar-refractivity contribution in [2.75, 3.05) is 13.1 Å². The van der Waals surface area contributed by atoms with Gasteiger partial charge in [-0.2, -0.15) is 0 Å². The Morgan fingerprint density at radius 3 is 2.04 bits per heavy atom. The summed E-state index contributed by atoms with van der Waals surface area (Å²) in [6.45, 7) is 3.25. The third-order valence-electron chi connectivity index (χ3n) is 4.48. The Balaban J connectivity index is 1.71. The Bertz CT molecular complexity index is 606. The molecule has 1 N–H and O–H groups in total. The van der Waals surface area contributed by atoms with Crippen LogP contribution < -0.4 is 5.32 Å². The molecule has 0 radical (unpaired) electrons. The Morgan fingerprint density at radius 2 is 1.54 bits per heavy atom. The second-order valence-corrected chi connectivity index (χ2v) is 6.58. The molecule has 128 valence electrons. The van der Waals surface area contributed by atoms with Crippen molar-refractivity contribution in [1.29, 1.82) is 0 Å². The Hall–Kier alpha value is -1.78. The van der Waals surface area contributed by atoms with Gasteiger partial charge in [-0.25, -0.2) is 8.78 Å². The van der Waals surface area contributed by atoms with Crippen LogP contribution >= 0.6 is 0 Å². The van der Waals surface area contributed by atoms with Crippen molar-refractivity contribution >= 4 is 0 Å². The first-order chi connectivity index (χ1) is 11.7. The minimum atomic E-state index is -0.214. The van der Waals surface area contributed by atoms with Gasteiger partial charge in [0.05, 0.1) is 0 Å². The molecule has 2 nitrogen and oxygen atoms in total. The zero-order valence-electron chi connectivity index (χ0n) is 13.8. The van der Waals surface area contributed by atoms with Crippen LogP contribution in [0.3, 0.4) is 0 Å². The van der Waals surface area contributed by atoms with Crippen LogP contribution in [-0.2, 0) is 13.1 Å². The van der Waals surface area contributed by atoms with E-state index in [0.29, 0.717) is 19.1 Å². The van der Waals surface area contributed by atoms with E-state index in [1.54, 1.807) is 24.3 Å². The molecule has 2 aromatic rings. The largest absolute Gasteiger partial charge is 0.313 e. The lowest BCUT2D eigenvalue weighted by atomic mass is 10.0. The molecule has 0 bridgehead atoms. The standard InChI is InChI=1S/C20H24F2N2/c21-18-7-3-5-16(11-18)13-24(15-20-9-1-2-10-23-20)14-17-6-4-8-19(22)12-17/h3-8,11-12,20,23H,1-2,9-10,13-15H2/t20-/m1/s1. The summed E-state index contributed by atoms with van der Waals surface area (Å²) in [5.41, 5.74) is 1.89. The lowest BCUT2D eigenvalue weighted by Gasteiger charge is -2.31. The van der Waals surface area contributed by atoms with E-state index >= 15 is 0 Å². The van der Waals surface area contributed by atoms with E-state index in [4.69, 9.17) is 0 Å². The van der Waals surface area contributed by atoms with Gasteiger partial charge in [0, 0.05) is 25.7 Å². The summed E-state index contributed by atoms with van der Waals surface area (Å²) in [7, 11) is 0. The Morgan fingerprint density at radius 1 is 0.917 bits per heavy atom. The molecule has 1 aliphatic heterocycles. The fraction of sp³-hybridized carbons (Fsp3) is 0.400. The van der Waals surface area contributed by atoms with Gasteiger partial charge in [0.15, 0.2) is 0 Å². The zero-order chi connectivity index (χ0) is 16.8. The zero-order valence-corrected chi connectivity index (χ0v) is 13.8. The molecule has 1 fully saturated rings. The first-order valence-corrected chi connectivity index (χ1v) is 8.64. The first-order valence-electron chi connectivity index (χ1n) is 8.64. The summed E-state index contributed by atoms with van der Waals surface area (Å²) in [5.74, 6) is -0.428. The predicted octanol–water partition coefficient (Wildman–Crippen LogP) is 4.11. The van der Waals surface area contributed by atoms with E-state index in [9.17, 15) is 8.78 Å². The van der Waals surface area contributed by atoms with Crippen LogP contribution in [-0.4, -0.2) is 24.0 Å². The molecular formula is C20H24F2N2. The van der Waals surface area contributed by atoms with Crippen molar-refractivity contribution < 1.29 is 8.78 Å². The summed E-state index contributed by atoms with van der Waals surface area (Å²) in [6, 6.07) is 13.9. The molecular weight excluding hydrogens is 306 g/mol. The van der Waals surface area contributed by atoms with Gasteiger partial charge in [0.1, 0.15) is 11.6 Å². The van der Waals surface area contributed by atoms with Crippen molar-refractivity contribution in [2.24, 2.45) is 0 Å². The van der Waals surface area contributed by atoms with Gasteiger partial charge in [-0.05, 0) is 54.8 Å². The SMILES string of the molecule is Fc1cccc(CN(Cc2cccc(F)c2)C[C@H]2CCCCN2)c1. The maximum atomic E-state index is 13.5. The smallest absolute Gasteiger partial charge is 0.123 e. The molecule has 2 aromatic carbocycles. The minimum absolute atomic E-state index is 0.214. The fourth-order valence-electron chi connectivity index (χ4n) is 3.36. The van der Waals surface area contributed by atoms with Gasteiger partial charge in [-0.1, -0.05) is 30.7 Å². The number of nitrogens with one attached hydrogen (secondary N) is 1. The topological polar surface area (TPSA) is 15.3 Å². The van der Waals surface area contributed by atoms with E-state index in [1.165, 1.54) is 25.0 Å². The van der Waals surface area contributed by atoms with Gasteiger partial charge >= 0.3 is 0 Å². The number of rotatable bonds is 6. The fourth-order valence-corrected chi connectivity index (χ4v) is 3.36. The van der Waals surface area contributed by atoms with Gasteiger partial charge in [0.2, 0.25) is 0 Å². The number of benzene rings is 2. The average molecular weight is 330 g/mol. The van der Waals surface area contributed by atoms with Gasteiger partial charge in [-0.15, -0.1) is 0 Å². The first kappa shape index (κ1) is 17.1. The van der Waals surface area contributed by atoms with E-state index < -0.39 is 0 Å². The van der Waals surface area contributed by atoms with Crippen LogP contribution in [0.1, 0.15) is 30.4 Å². The predicted molar refractivity (Wildman–Crippen MR) is 92.6 cm³/mol. The second kappa shape index (κ2) is 8.36. The van der Waals surface area contributed by atoms with Crippen LogP contribution in [0, 0.1) is 11.6 Å². The van der Waals surface area contributed by atoms with Crippen molar-refractivity contribution in [3.8, 4) is 0 Å². The van der Waals surface area contributed by atoms with Crippen LogP contribution in [0.25, 0.3) is 0 Å². The molecule has 24 heavy (non-hydrogen) atoms. The molecule has 0 aliphatic carbocycles. The number of halogens is 2. The molecule has 0 unspecified atom stereocenters. The summed E-state index contributed by atoms with van der Waals surface area (Å²) < 4.78 is 27.0. The van der Waals surface area contributed by atoms with Crippen molar-refractivity contribution in [1.82, 2.24) is 10.2 Å². The molecule has 0 aromatic heterocycles. The molecule has 0 saturated carbocycles. The third-order valence-corrected chi connectivity index (χ3v) is 4.48. The maximum Gasteiger partial charge on any atom is 0.123 e. The van der Waals surface area contributed by atoms with Crippen LogP contribution in [0.2, 0.25) is 0 Å². The molecule has 1 aliphatic rings. The van der Waals surface area contributed by atoms with E-state index in [-0.39, 0.29) is 11.6 Å². The summed E-state index contributed by atoms with van der Waals surface area (Å²) in [5, 5.41) is 3.55. The second-order valence-electron chi connectivity index (χ2n) is 6.58. The molecule has 0 spiro atoms. The monoisotopic (exact) mass is 330 g/mol. The normalized spacial score (nSPS) is 18.0. The number of nitrogens with zero attached hydrogens (tertiary/aromatic N) is 1. The number of piperidine rings is 1. The summed E-state index contributed by atoms with van der Waals surface area (Å²) >= 11 is 0. The molecule has 3 rings (SSSR count). The van der Waals surface area contributed by atoms with Gasteiger partial charge in [0.25, 0.3) is 0 Å². The van der Waals surface area contributed by atoms with Crippen LogP contribution in [0.15, 0.2) is 48.5 Å². The van der Waals surface area contributed by atoms with Gasteiger partial charge < -0.3 is 5.32 Å². The van der Waals surface area contributed by atoms with Crippen LogP contribution in [0.4, 0.5) is 8.78 Å². The molecule has 4 heteroatoms. The molecule has 1 saturated heterocycles.